The van der Waals surface area contributed by atoms with Crippen molar-refractivity contribution < 1.29 is 18.3 Å². The van der Waals surface area contributed by atoms with Crippen LogP contribution in [0.25, 0.3) is 0 Å². The minimum Gasteiger partial charge on any atom is -0.508 e. The molecule has 0 bridgehead atoms. The van der Waals surface area contributed by atoms with E-state index < -0.39 is 15.6 Å². The molecule has 0 aromatic heterocycles. The van der Waals surface area contributed by atoms with Gasteiger partial charge in [0.05, 0.1) is 10.5 Å². The van der Waals surface area contributed by atoms with Crippen LogP contribution in [0.15, 0.2) is 29.2 Å². The van der Waals surface area contributed by atoms with Crippen LogP contribution in [-0.2, 0) is 14.8 Å². The van der Waals surface area contributed by atoms with Crippen LogP contribution in [0.2, 0.25) is 0 Å². The van der Waals surface area contributed by atoms with Crippen molar-refractivity contribution in [2.75, 3.05) is 13.2 Å². The highest BCUT2D eigenvalue weighted by Gasteiger charge is 2.31. The molecule has 1 heterocycles. The molecule has 1 saturated heterocycles. The summed E-state index contributed by atoms with van der Waals surface area (Å²) in [7, 11) is -3.60. The largest absolute Gasteiger partial charge is 0.508 e. The SMILES string of the molecule is CC1(CNS(=O)(=O)c2cccc(O)c2)CCCO1. The van der Waals surface area contributed by atoms with Crippen molar-refractivity contribution in [3.05, 3.63) is 24.3 Å². The Bertz CT molecular complexity index is 521. The molecule has 2 rings (SSSR count). The van der Waals surface area contributed by atoms with Crippen LogP contribution >= 0.6 is 0 Å². The van der Waals surface area contributed by atoms with E-state index in [1.807, 2.05) is 6.92 Å². The first-order valence-electron chi connectivity index (χ1n) is 5.84. The van der Waals surface area contributed by atoms with E-state index in [1.165, 1.54) is 24.3 Å². The molecule has 1 fully saturated rings. The number of hydrogen-bond acceptors (Lipinski definition) is 4. The second-order valence-corrected chi connectivity index (χ2v) is 6.49. The van der Waals surface area contributed by atoms with Gasteiger partial charge in [-0.25, -0.2) is 13.1 Å². The van der Waals surface area contributed by atoms with Gasteiger partial charge in [-0.2, -0.15) is 0 Å². The average molecular weight is 271 g/mol. The van der Waals surface area contributed by atoms with Crippen molar-refractivity contribution in [2.45, 2.75) is 30.3 Å². The highest BCUT2D eigenvalue weighted by molar-refractivity contribution is 7.89. The molecule has 0 spiro atoms. The monoisotopic (exact) mass is 271 g/mol. The summed E-state index contributed by atoms with van der Waals surface area (Å²) in [6.07, 6.45) is 1.79. The molecule has 6 heteroatoms. The lowest BCUT2D eigenvalue weighted by molar-refractivity contribution is 0.0250. The molecule has 18 heavy (non-hydrogen) atoms. The zero-order valence-corrected chi connectivity index (χ0v) is 11.0. The quantitative estimate of drug-likeness (QED) is 0.864. The molecule has 1 aliphatic rings. The molecule has 1 atom stereocenters. The summed E-state index contributed by atoms with van der Waals surface area (Å²) < 4.78 is 32.1. The second kappa shape index (κ2) is 4.87. The summed E-state index contributed by atoms with van der Waals surface area (Å²) in [6, 6.07) is 5.60. The first-order valence-corrected chi connectivity index (χ1v) is 7.32. The van der Waals surface area contributed by atoms with E-state index in [0.717, 1.165) is 12.8 Å². The summed E-state index contributed by atoms with van der Waals surface area (Å²) in [5.74, 6) is -0.0683. The fourth-order valence-corrected chi connectivity index (χ4v) is 3.15. The van der Waals surface area contributed by atoms with Crippen molar-refractivity contribution in [3.8, 4) is 5.75 Å². The van der Waals surface area contributed by atoms with E-state index in [4.69, 9.17) is 4.74 Å². The number of benzene rings is 1. The van der Waals surface area contributed by atoms with Crippen LogP contribution in [0, 0.1) is 0 Å². The highest BCUT2D eigenvalue weighted by Crippen LogP contribution is 2.25. The molecule has 100 valence electrons. The summed E-state index contributed by atoms with van der Waals surface area (Å²) >= 11 is 0. The second-order valence-electron chi connectivity index (χ2n) is 4.72. The van der Waals surface area contributed by atoms with Crippen molar-refractivity contribution >= 4 is 10.0 Å². The molecule has 0 amide bonds. The van der Waals surface area contributed by atoms with Gasteiger partial charge in [-0.3, -0.25) is 0 Å². The van der Waals surface area contributed by atoms with Crippen molar-refractivity contribution in [3.63, 3.8) is 0 Å². The maximum Gasteiger partial charge on any atom is 0.240 e. The number of ether oxygens (including phenoxy) is 1. The minimum absolute atomic E-state index is 0.0593. The van der Waals surface area contributed by atoms with E-state index in [2.05, 4.69) is 4.72 Å². The first-order chi connectivity index (χ1) is 8.41. The van der Waals surface area contributed by atoms with Gasteiger partial charge in [0.1, 0.15) is 5.75 Å². The first kappa shape index (κ1) is 13.3. The molecular weight excluding hydrogens is 254 g/mol. The number of nitrogens with one attached hydrogen (secondary N) is 1. The topological polar surface area (TPSA) is 75.6 Å². The Hall–Kier alpha value is -1.11. The molecule has 1 aromatic carbocycles. The van der Waals surface area contributed by atoms with E-state index in [0.29, 0.717) is 6.61 Å². The Labute approximate surface area is 107 Å². The van der Waals surface area contributed by atoms with Crippen LogP contribution in [0.4, 0.5) is 0 Å². The molecule has 0 aliphatic carbocycles. The van der Waals surface area contributed by atoms with Crippen LogP contribution < -0.4 is 4.72 Å². The predicted octanol–water partition coefficient (Wildman–Crippen LogP) is 1.24. The van der Waals surface area contributed by atoms with E-state index in [-0.39, 0.29) is 17.2 Å². The summed E-state index contributed by atoms with van der Waals surface area (Å²) in [5, 5.41) is 9.29. The molecular formula is C12H17NO4S. The summed E-state index contributed by atoms with van der Waals surface area (Å²) in [5.41, 5.74) is -0.427. The Morgan fingerprint density at radius 1 is 1.50 bits per heavy atom. The van der Waals surface area contributed by atoms with Gasteiger partial charge in [0, 0.05) is 13.2 Å². The molecule has 0 saturated carbocycles. The van der Waals surface area contributed by atoms with Gasteiger partial charge in [-0.1, -0.05) is 6.07 Å². The average Bonchev–Trinajstić information content (AvgIpc) is 2.75. The fraction of sp³-hybridized carbons (Fsp3) is 0.500. The normalized spacial score (nSPS) is 24.3. The lowest BCUT2D eigenvalue weighted by Crippen LogP contribution is -2.40. The zero-order valence-electron chi connectivity index (χ0n) is 10.2. The number of rotatable bonds is 4. The molecule has 2 N–H and O–H groups in total. The zero-order chi connectivity index (χ0) is 13.2. The van der Waals surface area contributed by atoms with Crippen LogP contribution in [0.1, 0.15) is 19.8 Å². The van der Waals surface area contributed by atoms with Crippen LogP contribution in [0.3, 0.4) is 0 Å². The highest BCUT2D eigenvalue weighted by atomic mass is 32.2. The van der Waals surface area contributed by atoms with Gasteiger partial charge in [0.15, 0.2) is 0 Å². The Balaban J connectivity index is 2.08. The number of phenolic OH excluding ortho intramolecular Hbond substituents is 1. The molecule has 1 aliphatic heterocycles. The van der Waals surface area contributed by atoms with E-state index in [1.54, 1.807) is 0 Å². The number of sulfonamides is 1. The minimum atomic E-state index is -3.60. The number of hydrogen-bond donors (Lipinski definition) is 2. The number of aromatic hydroxyl groups is 1. The van der Waals surface area contributed by atoms with Gasteiger partial charge in [0.25, 0.3) is 0 Å². The van der Waals surface area contributed by atoms with Gasteiger partial charge in [0.2, 0.25) is 10.0 Å². The molecule has 1 unspecified atom stereocenters. The maximum absolute atomic E-state index is 12.0. The predicted molar refractivity (Wildman–Crippen MR) is 66.9 cm³/mol. The van der Waals surface area contributed by atoms with Crippen molar-refractivity contribution in [1.29, 1.82) is 0 Å². The van der Waals surface area contributed by atoms with Gasteiger partial charge >= 0.3 is 0 Å². The standard InChI is InChI=1S/C12H17NO4S/c1-12(6-3-7-17-12)9-13-18(15,16)11-5-2-4-10(14)8-11/h2,4-5,8,13-14H,3,6-7,9H2,1H3. The maximum atomic E-state index is 12.0. The van der Waals surface area contributed by atoms with Gasteiger partial charge in [-0.15, -0.1) is 0 Å². The van der Waals surface area contributed by atoms with Crippen LogP contribution in [-0.4, -0.2) is 32.3 Å². The van der Waals surface area contributed by atoms with Crippen LogP contribution in [0.5, 0.6) is 5.75 Å². The molecule has 0 radical (unpaired) electrons. The third-order valence-corrected chi connectivity index (χ3v) is 4.46. The lowest BCUT2D eigenvalue weighted by Gasteiger charge is -2.23. The van der Waals surface area contributed by atoms with Crippen molar-refractivity contribution in [2.24, 2.45) is 0 Å². The Kier molecular flexibility index (Phi) is 3.61. The Morgan fingerprint density at radius 2 is 2.28 bits per heavy atom. The van der Waals surface area contributed by atoms with E-state index in [9.17, 15) is 13.5 Å². The van der Waals surface area contributed by atoms with Gasteiger partial charge < -0.3 is 9.84 Å². The summed E-state index contributed by atoms with van der Waals surface area (Å²) in [6.45, 7) is 2.81. The van der Waals surface area contributed by atoms with Crippen molar-refractivity contribution in [1.82, 2.24) is 4.72 Å². The third-order valence-electron chi connectivity index (χ3n) is 3.06. The molecule has 1 aromatic rings. The Morgan fingerprint density at radius 3 is 2.89 bits per heavy atom. The smallest absolute Gasteiger partial charge is 0.240 e. The van der Waals surface area contributed by atoms with E-state index >= 15 is 0 Å². The lowest BCUT2D eigenvalue weighted by atomic mass is 10.0. The van der Waals surface area contributed by atoms with Gasteiger partial charge in [-0.05, 0) is 38.0 Å². The third kappa shape index (κ3) is 3.01. The molecule has 5 nitrogen and oxygen atoms in total. The number of phenols is 1. The summed E-state index contributed by atoms with van der Waals surface area (Å²) in [4.78, 5) is 0.0593. The fourth-order valence-electron chi connectivity index (χ4n) is 1.96.